The Balaban J connectivity index is 3.08. The van der Waals surface area contributed by atoms with E-state index in [2.05, 4.69) is 14.7 Å². The summed E-state index contributed by atoms with van der Waals surface area (Å²) in [5, 5.41) is 0. The second kappa shape index (κ2) is 5.75. The van der Waals surface area contributed by atoms with Crippen molar-refractivity contribution in [1.29, 1.82) is 0 Å². The number of guanidine groups is 2. The van der Waals surface area contributed by atoms with E-state index in [1.165, 1.54) is 12.1 Å². The third kappa shape index (κ3) is 3.85. The zero-order valence-corrected chi connectivity index (χ0v) is 8.98. The first-order chi connectivity index (χ1) is 8.40. The molecule has 0 amide bonds. The summed E-state index contributed by atoms with van der Waals surface area (Å²) < 4.78 is 41.5. The number of halogens is 3. The van der Waals surface area contributed by atoms with Crippen LogP contribution in [0.1, 0.15) is 0 Å². The first kappa shape index (κ1) is 13.6. The number of nitrogens with two attached hydrogens (primary N) is 3. The van der Waals surface area contributed by atoms with Crippen LogP contribution in [0, 0.1) is 5.82 Å². The summed E-state index contributed by atoms with van der Waals surface area (Å²) in [7, 11) is 0. The van der Waals surface area contributed by atoms with Gasteiger partial charge in [-0.1, -0.05) is 6.07 Å². The van der Waals surface area contributed by atoms with Gasteiger partial charge in [-0.05, 0) is 12.1 Å². The highest BCUT2D eigenvalue weighted by atomic mass is 19.3. The molecule has 0 atom stereocenters. The molecule has 9 heteroatoms. The predicted molar refractivity (Wildman–Crippen MR) is 60.1 cm³/mol. The Morgan fingerprint density at radius 2 is 1.89 bits per heavy atom. The van der Waals surface area contributed by atoms with Crippen molar-refractivity contribution < 1.29 is 17.9 Å². The Labute approximate surface area is 99.9 Å². The quantitative estimate of drug-likeness (QED) is 0.547. The van der Waals surface area contributed by atoms with Gasteiger partial charge in [0.1, 0.15) is 5.69 Å². The lowest BCUT2D eigenvalue weighted by atomic mass is 10.3. The fourth-order valence-corrected chi connectivity index (χ4v) is 1.05. The molecule has 1 rings (SSSR count). The van der Waals surface area contributed by atoms with Crippen molar-refractivity contribution in [2.24, 2.45) is 27.2 Å². The number of aliphatic imine (C=N–C) groups is 2. The predicted octanol–water partition coefficient (Wildman–Crippen LogP) is 0.647. The Hall–Kier alpha value is -2.45. The Bertz CT molecular complexity index is 485. The van der Waals surface area contributed by atoms with Crippen LogP contribution in [-0.4, -0.2) is 18.5 Å². The standard InChI is InChI=1S/C9H10F3N5O/c10-6-4(16-9(15)17-8(13)14)2-1-3-5(6)18-7(11)12/h1-3,7H,(H6,13,14,15,16,17). The van der Waals surface area contributed by atoms with Gasteiger partial charge in [0.05, 0.1) is 0 Å². The number of alkyl halides is 2. The number of hydrogen-bond donors (Lipinski definition) is 3. The summed E-state index contributed by atoms with van der Waals surface area (Å²) in [6.07, 6.45) is 0. The van der Waals surface area contributed by atoms with Crippen molar-refractivity contribution in [2.45, 2.75) is 6.61 Å². The van der Waals surface area contributed by atoms with E-state index in [9.17, 15) is 13.2 Å². The van der Waals surface area contributed by atoms with Crippen molar-refractivity contribution in [3.63, 3.8) is 0 Å². The molecular formula is C9H10F3N5O. The fraction of sp³-hybridized carbons (Fsp3) is 0.111. The van der Waals surface area contributed by atoms with Gasteiger partial charge in [0.25, 0.3) is 0 Å². The van der Waals surface area contributed by atoms with E-state index < -0.39 is 24.1 Å². The van der Waals surface area contributed by atoms with Gasteiger partial charge in [0.2, 0.25) is 5.96 Å². The molecule has 1 aromatic carbocycles. The van der Waals surface area contributed by atoms with E-state index in [1.54, 1.807) is 0 Å². The second-order valence-corrected chi connectivity index (χ2v) is 2.97. The lowest BCUT2D eigenvalue weighted by Gasteiger charge is -2.06. The summed E-state index contributed by atoms with van der Waals surface area (Å²) in [5.41, 5.74) is 15.0. The average Bonchev–Trinajstić information content (AvgIpc) is 2.22. The van der Waals surface area contributed by atoms with E-state index in [0.29, 0.717) is 0 Å². The van der Waals surface area contributed by atoms with Crippen molar-refractivity contribution >= 4 is 17.6 Å². The molecule has 0 aromatic heterocycles. The van der Waals surface area contributed by atoms with E-state index in [4.69, 9.17) is 17.2 Å². The Morgan fingerprint density at radius 1 is 1.22 bits per heavy atom. The number of benzene rings is 1. The van der Waals surface area contributed by atoms with Crippen LogP contribution in [0.15, 0.2) is 28.2 Å². The molecule has 0 fully saturated rings. The lowest BCUT2D eigenvalue weighted by Crippen LogP contribution is -2.26. The third-order valence-electron chi connectivity index (χ3n) is 1.64. The maximum Gasteiger partial charge on any atom is 0.387 e. The van der Waals surface area contributed by atoms with Gasteiger partial charge >= 0.3 is 6.61 Å². The van der Waals surface area contributed by atoms with E-state index in [-0.39, 0.29) is 11.6 Å². The Kier molecular flexibility index (Phi) is 4.35. The second-order valence-electron chi connectivity index (χ2n) is 2.97. The largest absolute Gasteiger partial charge is 0.432 e. The van der Waals surface area contributed by atoms with Crippen LogP contribution in [0.25, 0.3) is 0 Å². The number of nitrogens with zero attached hydrogens (tertiary/aromatic N) is 2. The highest BCUT2D eigenvalue weighted by molar-refractivity contribution is 5.93. The van der Waals surface area contributed by atoms with Crippen molar-refractivity contribution in [1.82, 2.24) is 0 Å². The first-order valence-electron chi connectivity index (χ1n) is 4.57. The summed E-state index contributed by atoms with van der Waals surface area (Å²) in [6.45, 7) is -3.14. The molecule has 0 heterocycles. The van der Waals surface area contributed by atoms with Crippen LogP contribution in [-0.2, 0) is 0 Å². The van der Waals surface area contributed by atoms with E-state index in [0.717, 1.165) is 6.07 Å². The van der Waals surface area contributed by atoms with Gasteiger partial charge in [-0.25, -0.2) is 9.38 Å². The van der Waals surface area contributed by atoms with Crippen LogP contribution in [0.3, 0.4) is 0 Å². The molecule has 6 N–H and O–H groups in total. The van der Waals surface area contributed by atoms with Gasteiger partial charge in [-0.3, -0.25) is 0 Å². The molecule has 6 nitrogen and oxygen atoms in total. The van der Waals surface area contributed by atoms with Crippen LogP contribution < -0.4 is 21.9 Å². The SMILES string of the molecule is NC(N)=NC(N)=Nc1cccc(OC(F)F)c1F. The van der Waals surface area contributed by atoms with Crippen molar-refractivity contribution in [3.05, 3.63) is 24.0 Å². The van der Waals surface area contributed by atoms with Crippen LogP contribution in [0.5, 0.6) is 5.75 Å². The first-order valence-corrected chi connectivity index (χ1v) is 4.57. The molecule has 0 saturated carbocycles. The van der Waals surface area contributed by atoms with Crippen LogP contribution in [0.4, 0.5) is 18.9 Å². The molecule has 0 aliphatic rings. The van der Waals surface area contributed by atoms with Gasteiger partial charge in [-0.15, -0.1) is 0 Å². The smallest absolute Gasteiger partial charge is 0.387 e. The van der Waals surface area contributed by atoms with Gasteiger partial charge in [0, 0.05) is 0 Å². The minimum Gasteiger partial charge on any atom is -0.432 e. The van der Waals surface area contributed by atoms with Crippen molar-refractivity contribution in [3.8, 4) is 5.75 Å². The molecule has 0 unspecified atom stereocenters. The highest BCUT2D eigenvalue weighted by Gasteiger charge is 2.13. The average molecular weight is 261 g/mol. The molecule has 0 bridgehead atoms. The molecule has 0 spiro atoms. The summed E-state index contributed by atoms with van der Waals surface area (Å²) in [4.78, 5) is 6.86. The monoisotopic (exact) mass is 261 g/mol. The highest BCUT2D eigenvalue weighted by Crippen LogP contribution is 2.27. The minimum atomic E-state index is -3.14. The molecule has 98 valence electrons. The minimum absolute atomic E-state index is 0.323. The van der Waals surface area contributed by atoms with Crippen molar-refractivity contribution in [2.75, 3.05) is 0 Å². The van der Waals surface area contributed by atoms with Crippen LogP contribution >= 0.6 is 0 Å². The van der Waals surface area contributed by atoms with E-state index >= 15 is 0 Å². The maximum atomic E-state index is 13.6. The molecule has 0 radical (unpaired) electrons. The summed E-state index contributed by atoms with van der Waals surface area (Å²) >= 11 is 0. The molecule has 0 saturated heterocycles. The normalized spacial score (nSPS) is 11.4. The zero-order chi connectivity index (χ0) is 13.7. The summed E-state index contributed by atoms with van der Waals surface area (Å²) in [5.74, 6) is -2.52. The van der Waals surface area contributed by atoms with Gasteiger partial charge in [-0.2, -0.15) is 13.8 Å². The Morgan fingerprint density at radius 3 is 2.44 bits per heavy atom. The third-order valence-corrected chi connectivity index (χ3v) is 1.64. The van der Waals surface area contributed by atoms with Gasteiger partial charge in [0.15, 0.2) is 17.5 Å². The maximum absolute atomic E-state index is 13.6. The molecule has 1 aromatic rings. The molecule has 0 aliphatic carbocycles. The van der Waals surface area contributed by atoms with Gasteiger partial charge < -0.3 is 21.9 Å². The van der Waals surface area contributed by atoms with E-state index in [1.807, 2.05) is 0 Å². The number of hydrogen-bond acceptors (Lipinski definition) is 2. The molecule has 18 heavy (non-hydrogen) atoms. The molecule has 0 aliphatic heterocycles. The molecular weight excluding hydrogens is 251 g/mol. The number of rotatable bonds is 3. The topological polar surface area (TPSA) is 112 Å². The fourth-order valence-electron chi connectivity index (χ4n) is 1.05. The summed E-state index contributed by atoms with van der Waals surface area (Å²) in [6, 6.07) is 3.49. The lowest BCUT2D eigenvalue weighted by molar-refractivity contribution is -0.0521. The van der Waals surface area contributed by atoms with Crippen LogP contribution in [0.2, 0.25) is 0 Å². The number of ether oxygens (including phenoxy) is 1. The zero-order valence-electron chi connectivity index (χ0n) is 8.98.